The number of likely N-dealkylation sites (tertiary alicyclic amines) is 1. The molecule has 1 rings (SSSR count). The summed E-state index contributed by atoms with van der Waals surface area (Å²) in [5, 5.41) is 2.98. The van der Waals surface area contributed by atoms with Crippen molar-refractivity contribution in [1.82, 2.24) is 10.2 Å². The Morgan fingerprint density at radius 1 is 0.523 bits per heavy atom. The molecule has 1 aliphatic heterocycles. The van der Waals surface area contributed by atoms with Crippen molar-refractivity contribution < 1.29 is 52.3 Å². The van der Waals surface area contributed by atoms with Gasteiger partial charge in [0.05, 0.1) is 59.5 Å². The van der Waals surface area contributed by atoms with Crippen LogP contribution in [0.5, 0.6) is 0 Å². The van der Waals surface area contributed by atoms with E-state index in [1.807, 2.05) is 12.2 Å². The fourth-order valence-electron chi connectivity index (χ4n) is 7.23. The maximum Gasteiger partial charge on any atom is 0.306 e. The first-order chi connectivity index (χ1) is 32.0. The summed E-state index contributed by atoms with van der Waals surface area (Å²) < 4.78 is 45.7. The summed E-state index contributed by atoms with van der Waals surface area (Å²) in [4.78, 5) is 38.6. The Bertz CT molecular complexity index is 1130. The second kappa shape index (κ2) is 48.1. The summed E-state index contributed by atoms with van der Waals surface area (Å²) in [6, 6.07) is 0. The van der Waals surface area contributed by atoms with E-state index in [4.69, 9.17) is 37.9 Å². The molecule has 0 aromatic heterocycles. The highest BCUT2D eigenvalue weighted by atomic mass is 16.6. The van der Waals surface area contributed by atoms with E-state index in [2.05, 4.69) is 43.3 Å². The number of ether oxygens (including phenoxy) is 8. The van der Waals surface area contributed by atoms with Gasteiger partial charge < -0.3 is 48.1 Å². The maximum atomic E-state index is 12.3. The minimum Gasteiger partial charge on any atom is -0.461 e. The van der Waals surface area contributed by atoms with Crippen molar-refractivity contribution >= 4 is 17.8 Å². The number of nitrogens with zero attached hydrogens (tertiary/aromatic N) is 1. The average molecular weight is 925 g/mol. The first kappa shape index (κ1) is 60.6. The molecule has 0 aromatic carbocycles. The van der Waals surface area contributed by atoms with Gasteiger partial charge in [-0.2, -0.15) is 0 Å². The Labute approximate surface area is 396 Å². The molecule has 1 saturated heterocycles. The van der Waals surface area contributed by atoms with Crippen molar-refractivity contribution in [1.29, 1.82) is 0 Å². The highest BCUT2D eigenvalue weighted by Crippen LogP contribution is 2.16. The van der Waals surface area contributed by atoms with E-state index in [-0.39, 0.29) is 29.9 Å². The van der Waals surface area contributed by atoms with Crippen molar-refractivity contribution in [3.05, 3.63) is 24.3 Å². The lowest BCUT2D eigenvalue weighted by Crippen LogP contribution is -2.40. The zero-order valence-corrected chi connectivity index (χ0v) is 41.7. The van der Waals surface area contributed by atoms with Gasteiger partial charge in [0, 0.05) is 38.5 Å². The van der Waals surface area contributed by atoms with Crippen molar-refractivity contribution in [2.45, 2.75) is 174 Å². The van der Waals surface area contributed by atoms with E-state index < -0.39 is 0 Å². The second-order valence-electron chi connectivity index (χ2n) is 17.4. The van der Waals surface area contributed by atoms with Gasteiger partial charge in [0.25, 0.3) is 0 Å². The molecule has 380 valence electrons. The van der Waals surface area contributed by atoms with Gasteiger partial charge in [-0.1, -0.05) is 115 Å². The minimum atomic E-state index is -0.164. The van der Waals surface area contributed by atoms with Gasteiger partial charge in [-0.05, 0) is 84.3 Å². The van der Waals surface area contributed by atoms with Crippen LogP contribution in [-0.4, -0.2) is 141 Å². The molecular weight excluding hydrogens is 829 g/mol. The summed E-state index contributed by atoms with van der Waals surface area (Å²) in [5.74, 6) is 0.0214. The Balaban J connectivity index is 2.17. The van der Waals surface area contributed by atoms with Crippen LogP contribution in [0.1, 0.15) is 168 Å². The van der Waals surface area contributed by atoms with Gasteiger partial charge >= 0.3 is 11.9 Å². The largest absolute Gasteiger partial charge is 0.461 e. The van der Waals surface area contributed by atoms with Crippen LogP contribution in [0.25, 0.3) is 0 Å². The normalized spacial score (nSPS) is 14.1. The van der Waals surface area contributed by atoms with Crippen LogP contribution in [0.2, 0.25) is 0 Å². The smallest absolute Gasteiger partial charge is 0.306 e. The molecule has 1 aliphatic rings. The molecule has 13 nitrogen and oxygen atoms in total. The zero-order chi connectivity index (χ0) is 46.9. The van der Waals surface area contributed by atoms with Gasteiger partial charge in [-0.15, -0.1) is 0 Å². The van der Waals surface area contributed by atoms with E-state index in [0.29, 0.717) is 105 Å². The number of carbonyl (C=O) groups is 3. The van der Waals surface area contributed by atoms with E-state index >= 15 is 0 Å². The van der Waals surface area contributed by atoms with Gasteiger partial charge in [0.1, 0.15) is 19.3 Å². The Kier molecular flexibility index (Phi) is 44.8. The minimum absolute atomic E-state index is 0.113. The molecule has 0 saturated carbocycles. The predicted octanol–water partition coefficient (Wildman–Crippen LogP) is 9.73. The molecule has 0 spiro atoms. The number of unbranched alkanes of at least 4 members (excludes halogenated alkanes) is 16. The number of allylic oxidation sites excluding steroid dienone is 2. The molecule has 1 amide bonds. The molecule has 1 atom stereocenters. The molecule has 65 heavy (non-hydrogen) atoms. The monoisotopic (exact) mass is 925 g/mol. The van der Waals surface area contributed by atoms with Crippen LogP contribution in [0.3, 0.4) is 0 Å². The summed E-state index contributed by atoms with van der Waals surface area (Å²) in [6.45, 7) is 13.1. The number of hydrogen-bond acceptors (Lipinski definition) is 12. The summed E-state index contributed by atoms with van der Waals surface area (Å²) >= 11 is 0. The van der Waals surface area contributed by atoms with Gasteiger partial charge in [0.2, 0.25) is 5.91 Å². The predicted molar refractivity (Wildman–Crippen MR) is 260 cm³/mol. The highest BCUT2D eigenvalue weighted by Gasteiger charge is 2.22. The van der Waals surface area contributed by atoms with Crippen molar-refractivity contribution in [2.24, 2.45) is 5.92 Å². The van der Waals surface area contributed by atoms with Crippen LogP contribution in [-0.2, 0) is 52.3 Å². The molecule has 1 N–H and O–H groups in total. The molecule has 13 heteroatoms. The van der Waals surface area contributed by atoms with E-state index in [1.54, 1.807) is 0 Å². The molecular formula is C52H96N2O11. The van der Waals surface area contributed by atoms with Gasteiger partial charge in [-0.3, -0.25) is 14.4 Å². The van der Waals surface area contributed by atoms with E-state index in [0.717, 1.165) is 103 Å². The SMILES string of the molecule is CCCCCC/C=C\COC(=O)CCCCCCCOCC(COCCOCCOCCOCCNC(=O)C1CCN(C)CC1)OCCCCCCCC(=O)OC/C=C\CCCCCC. The first-order valence-electron chi connectivity index (χ1n) is 26.0. The first-order valence-corrected chi connectivity index (χ1v) is 26.0. The molecule has 1 heterocycles. The molecule has 0 aromatic rings. The topological polar surface area (TPSA) is 140 Å². The summed E-state index contributed by atoms with van der Waals surface area (Å²) in [5.41, 5.74) is 0. The number of amides is 1. The third kappa shape index (κ3) is 42.7. The number of piperidine rings is 1. The fourth-order valence-corrected chi connectivity index (χ4v) is 7.23. The van der Waals surface area contributed by atoms with Crippen molar-refractivity contribution in [3.63, 3.8) is 0 Å². The Hall–Kier alpha value is -2.39. The van der Waals surface area contributed by atoms with Crippen LogP contribution >= 0.6 is 0 Å². The number of nitrogens with one attached hydrogen (secondary N) is 1. The molecule has 0 aliphatic carbocycles. The van der Waals surface area contributed by atoms with Crippen LogP contribution in [0.15, 0.2) is 24.3 Å². The van der Waals surface area contributed by atoms with Crippen LogP contribution in [0.4, 0.5) is 0 Å². The molecule has 1 fully saturated rings. The average Bonchev–Trinajstić information content (AvgIpc) is 3.30. The summed E-state index contributed by atoms with van der Waals surface area (Å²) in [7, 11) is 2.09. The van der Waals surface area contributed by atoms with E-state index in [1.165, 1.54) is 51.4 Å². The Morgan fingerprint density at radius 3 is 1.51 bits per heavy atom. The van der Waals surface area contributed by atoms with Gasteiger partial charge in [0.15, 0.2) is 0 Å². The molecule has 0 radical (unpaired) electrons. The van der Waals surface area contributed by atoms with Crippen LogP contribution < -0.4 is 5.32 Å². The fraction of sp³-hybridized carbons (Fsp3) is 0.865. The Morgan fingerprint density at radius 2 is 0.969 bits per heavy atom. The lowest BCUT2D eigenvalue weighted by molar-refractivity contribution is -0.143. The standard InChI is InChI=1S/C52H96N2O11/c1-4-6-8-10-12-19-26-37-64-50(55)28-22-16-14-18-24-35-61-46-49(63-36-25-21-15-17-23-29-51(56)65-38-27-20-13-11-9-7-5-2)47-62-45-44-60-43-42-59-41-40-58-39-32-53-52(57)48-30-33-54(3)34-31-48/h19-20,26-27,48-49H,4-18,21-25,28-47H2,1-3H3,(H,53,57)/b26-19-,27-20-. The molecule has 0 bridgehead atoms. The van der Waals surface area contributed by atoms with E-state index in [9.17, 15) is 14.4 Å². The lowest BCUT2D eigenvalue weighted by atomic mass is 9.96. The quantitative estimate of drug-likeness (QED) is 0.0353. The maximum absolute atomic E-state index is 12.3. The van der Waals surface area contributed by atoms with Gasteiger partial charge in [-0.25, -0.2) is 0 Å². The third-order valence-corrected chi connectivity index (χ3v) is 11.4. The number of carbonyl (C=O) groups excluding carboxylic acids is 3. The highest BCUT2D eigenvalue weighted by molar-refractivity contribution is 5.78. The number of rotatable bonds is 48. The number of hydrogen-bond donors (Lipinski definition) is 1. The second-order valence-corrected chi connectivity index (χ2v) is 17.4. The number of esters is 2. The van der Waals surface area contributed by atoms with Crippen LogP contribution in [0, 0.1) is 5.92 Å². The lowest BCUT2D eigenvalue weighted by Gasteiger charge is -2.28. The van der Waals surface area contributed by atoms with Crippen molar-refractivity contribution in [2.75, 3.05) is 113 Å². The van der Waals surface area contributed by atoms with Crippen molar-refractivity contribution in [3.8, 4) is 0 Å². The zero-order valence-electron chi connectivity index (χ0n) is 41.7. The molecule has 1 unspecified atom stereocenters. The summed E-state index contributed by atoms with van der Waals surface area (Å²) in [6.07, 6.45) is 32.7. The third-order valence-electron chi connectivity index (χ3n) is 11.4.